The first-order valence-corrected chi connectivity index (χ1v) is 7.56. The van der Waals surface area contributed by atoms with Crippen LogP contribution >= 0.6 is 7.82 Å². The van der Waals surface area contributed by atoms with Crippen LogP contribution in [0.2, 0.25) is 0 Å². The van der Waals surface area contributed by atoms with E-state index in [1.807, 2.05) is 0 Å². The summed E-state index contributed by atoms with van der Waals surface area (Å²) >= 11 is 0. The van der Waals surface area contributed by atoms with Crippen molar-refractivity contribution in [2.45, 2.75) is 24.9 Å². The summed E-state index contributed by atoms with van der Waals surface area (Å²) in [7, 11) is -3.25. The molecule has 1 aliphatic rings. The van der Waals surface area contributed by atoms with E-state index in [4.69, 9.17) is 25.0 Å². The van der Waals surface area contributed by atoms with Crippen molar-refractivity contribution < 1.29 is 28.3 Å². The summed E-state index contributed by atoms with van der Waals surface area (Å²) in [5.74, 6) is 0.0747. The molecule has 0 bridgehead atoms. The summed E-state index contributed by atoms with van der Waals surface area (Å²) in [5, 5.41) is 0. The number of aromatic nitrogens is 2. The Labute approximate surface area is 119 Å². The normalized spacial score (nSPS) is 26.1. The zero-order valence-electron chi connectivity index (χ0n) is 11.2. The van der Waals surface area contributed by atoms with Gasteiger partial charge >= 0.3 is 13.5 Å². The number of methoxy groups -OCH3 is 1. The van der Waals surface area contributed by atoms with Gasteiger partial charge in [0.25, 0.3) is 0 Å². The minimum Gasteiger partial charge on any atom is -0.383 e. The maximum atomic E-state index is 11.7. The van der Waals surface area contributed by atoms with Crippen molar-refractivity contribution in [2.75, 3.05) is 19.5 Å². The third-order valence-corrected chi connectivity index (χ3v) is 3.49. The minimum absolute atomic E-state index is 0.0678. The van der Waals surface area contributed by atoms with Crippen molar-refractivity contribution in [1.82, 2.24) is 9.55 Å². The second-order valence-electron chi connectivity index (χ2n) is 4.50. The number of phosphoric ester groups is 1. The van der Waals surface area contributed by atoms with Gasteiger partial charge in [-0.15, -0.1) is 0 Å². The zero-order valence-corrected chi connectivity index (χ0v) is 12.1. The quantitative estimate of drug-likeness (QED) is 0.595. The molecule has 3 atom stereocenters. The molecule has 1 aromatic rings. The summed E-state index contributed by atoms with van der Waals surface area (Å²) in [6.45, 7) is 0.0678. The first-order chi connectivity index (χ1) is 9.80. The van der Waals surface area contributed by atoms with Crippen molar-refractivity contribution in [3.05, 3.63) is 22.7 Å². The molecule has 0 unspecified atom stereocenters. The number of phosphoric acid groups is 1. The van der Waals surface area contributed by atoms with Gasteiger partial charge in [0.2, 0.25) is 0 Å². The Balaban J connectivity index is 2.20. The maximum Gasteiger partial charge on any atom is 0.469 e. The number of nitrogen functional groups attached to an aromatic ring is 1. The SMILES string of the molecule is COC[C@H]1O[C@@H](n2ccc(N)nc2=O)C[C@@H]1OP(=O)(O)O. The summed E-state index contributed by atoms with van der Waals surface area (Å²) in [5.41, 5.74) is 4.78. The van der Waals surface area contributed by atoms with Crippen molar-refractivity contribution in [1.29, 1.82) is 0 Å². The highest BCUT2D eigenvalue weighted by Crippen LogP contribution is 2.43. The lowest BCUT2D eigenvalue weighted by atomic mass is 10.2. The highest BCUT2D eigenvalue weighted by Gasteiger charge is 2.40. The van der Waals surface area contributed by atoms with E-state index in [1.165, 1.54) is 23.9 Å². The smallest absolute Gasteiger partial charge is 0.383 e. The summed E-state index contributed by atoms with van der Waals surface area (Å²) in [6.07, 6.45) is -0.899. The second-order valence-corrected chi connectivity index (χ2v) is 5.69. The molecule has 10 nitrogen and oxygen atoms in total. The molecule has 1 saturated heterocycles. The molecular weight excluding hydrogens is 305 g/mol. The molecule has 1 aromatic heterocycles. The van der Waals surface area contributed by atoms with Crippen molar-refractivity contribution in [3.8, 4) is 0 Å². The van der Waals surface area contributed by atoms with E-state index in [1.54, 1.807) is 0 Å². The average Bonchev–Trinajstić information content (AvgIpc) is 2.70. The van der Waals surface area contributed by atoms with E-state index in [2.05, 4.69) is 9.51 Å². The number of hydrogen-bond donors (Lipinski definition) is 3. The third kappa shape index (κ3) is 4.10. The van der Waals surface area contributed by atoms with Crippen molar-refractivity contribution in [2.24, 2.45) is 0 Å². The Hall–Kier alpha value is -1.29. The van der Waals surface area contributed by atoms with E-state index in [0.717, 1.165) is 0 Å². The molecule has 1 aliphatic heterocycles. The topological polar surface area (TPSA) is 146 Å². The van der Waals surface area contributed by atoms with Crippen molar-refractivity contribution in [3.63, 3.8) is 0 Å². The van der Waals surface area contributed by atoms with E-state index < -0.39 is 31.9 Å². The fraction of sp³-hybridized carbons (Fsp3) is 0.600. The third-order valence-electron chi connectivity index (χ3n) is 2.95. The first-order valence-electron chi connectivity index (χ1n) is 6.03. The van der Waals surface area contributed by atoms with E-state index in [-0.39, 0.29) is 18.8 Å². The fourth-order valence-corrected chi connectivity index (χ4v) is 2.69. The van der Waals surface area contributed by atoms with Gasteiger partial charge in [0.05, 0.1) is 6.61 Å². The molecule has 118 valence electrons. The van der Waals surface area contributed by atoms with E-state index in [9.17, 15) is 9.36 Å². The second kappa shape index (κ2) is 6.22. The molecule has 0 spiro atoms. The van der Waals surface area contributed by atoms with Gasteiger partial charge in [0.15, 0.2) is 0 Å². The fourth-order valence-electron chi connectivity index (χ4n) is 2.12. The number of nitrogens with zero attached hydrogens (tertiary/aromatic N) is 2. The molecule has 0 saturated carbocycles. The van der Waals surface area contributed by atoms with Crippen LogP contribution in [0.1, 0.15) is 12.6 Å². The first kappa shape index (κ1) is 16.1. The van der Waals surface area contributed by atoms with Gasteiger partial charge in [-0.3, -0.25) is 9.09 Å². The van der Waals surface area contributed by atoms with Crippen LogP contribution in [0.4, 0.5) is 5.82 Å². The van der Waals surface area contributed by atoms with Crippen molar-refractivity contribution >= 4 is 13.6 Å². The molecule has 2 rings (SSSR count). The lowest BCUT2D eigenvalue weighted by molar-refractivity contribution is -0.0539. The van der Waals surface area contributed by atoms with Gasteiger partial charge in [-0.25, -0.2) is 9.36 Å². The largest absolute Gasteiger partial charge is 0.469 e. The predicted molar refractivity (Wildman–Crippen MR) is 70.2 cm³/mol. The summed E-state index contributed by atoms with van der Waals surface area (Å²) < 4.78 is 27.3. The maximum absolute atomic E-state index is 11.7. The van der Waals surface area contributed by atoms with Gasteiger partial charge in [-0.05, 0) is 6.07 Å². The number of rotatable bonds is 5. The van der Waals surface area contributed by atoms with E-state index in [0.29, 0.717) is 0 Å². The molecule has 2 heterocycles. The Morgan fingerprint density at radius 1 is 1.62 bits per heavy atom. The van der Waals surface area contributed by atoms with Gasteiger partial charge in [-0.1, -0.05) is 0 Å². The molecule has 4 N–H and O–H groups in total. The van der Waals surface area contributed by atoms with Crippen LogP contribution in [0.15, 0.2) is 17.1 Å². The van der Waals surface area contributed by atoms with Crippen LogP contribution < -0.4 is 11.4 Å². The molecule has 0 aromatic carbocycles. The highest BCUT2D eigenvalue weighted by atomic mass is 31.2. The van der Waals surface area contributed by atoms with Gasteiger partial charge in [-0.2, -0.15) is 4.98 Å². The molecule has 0 aliphatic carbocycles. The molecule has 0 amide bonds. The van der Waals surface area contributed by atoms with Crippen LogP contribution in [0.3, 0.4) is 0 Å². The Kier molecular flexibility index (Phi) is 4.77. The van der Waals surface area contributed by atoms with E-state index >= 15 is 0 Å². The Morgan fingerprint density at radius 3 is 2.90 bits per heavy atom. The predicted octanol–water partition coefficient (Wildman–Crippen LogP) is -0.763. The van der Waals surface area contributed by atoms with Crippen LogP contribution in [0.5, 0.6) is 0 Å². The summed E-state index contributed by atoms with van der Waals surface area (Å²) in [6, 6.07) is 1.42. The molecular formula is C10H16N3O7P. The standard InChI is InChI=1S/C10H16N3O7P/c1-18-5-7-6(20-21(15,16)17)4-9(19-7)13-3-2-8(11)12-10(13)14/h2-3,6-7,9H,4-5H2,1H3,(H2,11,12,14)(H2,15,16,17)/t6-,7+,9+/m0/s1. The lowest BCUT2D eigenvalue weighted by Gasteiger charge is -2.18. The average molecular weight is 321 g/mol. The number of ether oxygens (including phenoxy) is 2. The number of nitrogens with two attached hydrogens (primary N) is 1. The van der Waals surface area contributed by atoms with Gasteiger partial charge in [0.1, 0.15) is 24.3 Å². The van der Waals surface area contributed by atoms with Crippen LogP contribution in [-0.4, -0.2) is 45.3 Å². The lowest BCUT2D eigenvalue weighted by Crippen LogP contribution is -2.28. The molecule has 1 fully saturated rings. The zero-order chi connectivity index (χ0) is 15.6. The Bertz CT molecular complexity index is 601. The van der Waals surface area contributed by atoms with Gasteiger partial charge < -0.3 is 25.0 Å². The summed E-state index contributed by atoms with van der Waals surface area (Å²) in [4.78, 5) is 33.1. The number of hydrogen-bond acceptors (Lipinski definition) is 7. The molecule has 11 heteroatoms. The van der Waals surface area contributed by atoms with Gasteiger partial charge in [0, 0.05) is 19.7 Å². The Morgan fingerprint density at radius 2 is 2.33 bits per heavy atom. The monoisotopic (exact) mass is 321 g/mol. The molecule has 0 radical (unpaired) electrons. The van der Waals surface area contributed by atoms with Crippen LogP contribution in [-0.2, 0) is 18.6 Å². The van der Waals surface area contributed by atoms with Crippen LogP contribution in [0.25, 0.3) is 0 Å². The highest BCUT2D eigenvalue weighted by molar-refractivity contribution is 7.46. The number of anilines is 1. The molecule has 21 heavy (non-hydrogen) atoms. The minimum atomic E-state index is -4.67. The van der Waals surface area contributed by atoms with Crippen LogP contribution in [0, 0.1) is 0 Å².